The van der Waals surface area contributed by atoms with Crippen molar-refractivity contribution in [2.45, 2.75) is 31.8 Å². The van der Waals surface area contributed by atoms with Crippen molar-refractivity contribution in [2.24, 2.45) is 5.73 Å². The second-order valence-electron chi connectivity index (χ2n) is 6.21. The number of nitrogens with zero attached hydrogens (tertiary/aromatic N) is 2. The fraction of sp³-hybridized carbons (Fsp3) is 0.471. The summed E-state index contributed by atoms with van der Waals surface area (Å²) in [4.78, 5) is 33.6. The molecule has 26 heavy (non-hydrogen) atoms. The maximum absolute atomic E-state index is 12.4. The summed E-state index contributed by atoms with van der Waals surface area (Å²) in [5.74, 6) is 1.25. The number of carbonyl (C=O) groups excluding carboxylic acids is 1. The maximum Gasteiger partial charge on any atom is 0.258 e. The average Bonchev–Trinajstić information content (AvgIpc) is 3.36. The summed E-state index contributed by atoms with van der Waals surface area (Å²) in [7, 11) is 3.02. The lowest BCUT2D eigenvalue weighted by atomic mass is 10.2. The Bertz CT molecular complexity index is 879. The van der Waals surface area contributed by atoms with E-state index in [9.17, 15) is 9.59 Å². The highest BCUT2D eigenvalue weighted by Gasteiger charge is 2.47. The summed E-state index contributed by atoms with van der Waals surface area (Å²) in [6.45, 7) is 2.57. The number of likely N-dealkylation sites (N-methyl/N-ethyl adjacent to an activating group) is 1. The zero-order chi connectivity index (χ0) is 18.2. The van der Waals surface area contributed by atoms with Gasteiger partial charge in [-0.2, -0.15) is 0 Å². The molecule has 1 amide bonds. The standard InChI is InChI=1S/C17H22N4O4.ClH/c1-4-21(16(23)17(18)5-6-17)9-14-19-11-8-13(25-3)12(24-2)7-10(11)15(22)20-14;/h7-8H,4-6,9,18H2,1-3H3,(H,19,20,22);1H. The maximum atomic E-state index is 12.4. The molecule has 0 saturated heterocycles. The van der Waals surface area contributed by atoms with Gasteiger partial charge in [0.25, 0.3) is 5.56 Å². The van der Waals surface area contributed by atoms with Gasteiger partial charge >= 0.3 is 0 Å². The second-order valence-corrected chi connectivity index (χ2v) is 6.21. The lowest BCUT2D eigenvalue weighted by molar-refractivity contribution is -0.134. The molecule has 1 aromatic heterocycles. The van der Waals surface area contributed by atoms with Crippen LogP contribution in [0.1, 0.15) is 25.6 Å². The Kier molecular flexibility index (Phi) is 5.77. The first-order valence-electron chi connectivity index (χ1n) is 8.15. The summed E-state index contributed by atoms with van der Waals surface area (Å²) in [5, 5.41) is 0.397. The van der Waals surface area contributed by atoms with Gasteiger partial charge in [0, 0.05) is 12.6 Å². The number of aromatic amines is 1. The molecule has 0 bridgehead atoms. The molecule has 1 aliphatic rings. The number of hydrogen-bond donors (Lipinski definition) is 2. The van der Waals surface area contributed by atoms with Crippen molar-refractivity contribution < 1.29 is 14.3 Å². The highest BCUT2D eigenvalue weighted by atomic mass is 35.5. The van der Waals surface area contributed by atoms with Crippen LogP contribution in [-0.4, -0.2) is 47.1 Å². The van der Waals surface area contributed by atoms with E-state index in [4.69, 9.17) is 15.2 Å². The van der Waals surface area contributed by atoms with Gasteiger partial charge in [-0.3, -0.25) is 9.59 Å². The smallest absolute Gasteiger partial charge is 0.258 e. The summed E-state index contributed by atoms with van der Waals surface area (Å²) in [5.41, 5.74) is 5.44. The lowest BCUT2D eigenvalue weighted by Gasteiger charge is -2.23. The molecule has 0 aliphatic heterocycles. The predicted molar refractivity (Wildman–Crippen MR) is 100.0 cm³/mol. The first-order chi connectivity index (χ1) is 11.9. The number of nitrogens with two attached hydrogens (primary N) is 1. The first-order valence-corrected chi connectivity index (χ1v) is 8.15. The van der Waals surface area contributed by atoms with Crippen molar-refractivity contribution >= 4 is 29.2 Å². The minimum absolute atomic E-state index is 0. The number of hydrogen-bond acceptors (Lipinski definition) is 6. The summed E-state index contributed by atoms with van der Waals surface area (Å²) in [6, 6.07) is 3.24. The van der Waals surface area contributed by atoms with Crippen LogP contribution in [0.3, 0.4) is 0 Å². The quantitative estimate of drug-likeness (QED) is 0.776. The van der Waals surface area contributed by atoms with Crippen molar-refractivity contribution in [2.75, 3.05) is 20.8 Å². The van der Waals surface area contributed by atoms with Crippen LogP contribution in [0, 0.1) is 0 Å². The Morgan fingerprint density at radius 2 is 1.92 bits per heavy atom. The first kappa shape index (κ1) is 20.0. The number of amides is 1. The molecular weight excluding hydrogens is 360 g/mol. The van der Waals surface area contributed by atoms with Crippen molar-refractivity contribution in [3.63, 3.8) is 0 Å². The number of H-pyrrole nitrogens is 1. The van der Waals surface area contributed by atoms with E-state index in [-0.39, 0.29) is 30.4 Å². The minimum atomic E-state index is -0.746. The molecule has 1 saturated carbocycles. The molecule has 1 aliphatic carbocycles. The van der Waals surface area contributed by atoms with E-state index in [0.717, 1.165) is 0 Å². The molecule has 142 valence electrons. The predicted octanol–water partition coefficient (Wildman–Crippen LogP) is 1.20. The molecule has 0 spiro atoms. The molecule has 9 heteroatoms. The number of aromatic nitrogens is 2. The Labute approximate surface area is 157 Å². The van der Waals surface area contributed by atoms with Gasteiger partial charge in [0.15, 0.2) is 11.5 Å². The van der Waals surface area contributed by atoms with E-state index in [2.05, 4.69) is 9.97 Å². The van der Waals surface area contributed by atoms with Crippen molar-refractivity contribution in [1.29, 1.82) is 0 Å². The number of nitrogens with one attached hydrogen (secondary N) is 1. The largest absolute Gasteiger partial charge is 0.493 e. The van der Waals surface area contributed by atoms with Crippen LogP contribution in [0.4, 0.5) is 0 Å². The number of rotatable bonds is 6. The number of methoxy groups -OCH3 is 2. The fourth-order valence-corrected chi connectivity index (χ4v) is 2.76. The number of carbonyl (C=O) groups is 1. The zero-order valence-electron chi connectivity index (χ0n) is 15.0. The molecule has 0 radical (unpaired) electrons. The minimum Gasteiger partial charge on any atom is -0.493 e. The highest BCUT2D eigenvalue weighted by Crippen LogP contribution is 2.34. The molecular formula is C17H23ClN4O4. The zero-order valence-corrected chi connectivity index (χ0v) is 15.8. The molecule has 1 heterocycles. The van der Waals surface area contributed by atoms with Gasteiger partial charge in [-0.1, -0.05) is 0 Å². The number of benzene rings is 1. The molecule has 0 atom stereocenters. The SMILES string of the molecule is CCN(Cc1nc2cc(OC)c(OC)cc2c(=O)[nH]1)C(=O)C1(N)CC1.Cl. The molecule has 1 fully saturated rings. The van der Waals surface area contributed by atoms with E-state index < -0.39 is 5.54 Å². The van der Waals surface area contributed by atoms with Gasteiger partial charge in [0.05, 0.1) is 37.2 Å². The van der Waals surface area contributed by atoms with Gasteiger partial charge < -0.3 is 25.1 Å². The number of fused-ring (bicyclic) bond motifs is 1. The van der Waals surface area contributed by atoms with Gasteiger partial charge in [-0.25, -0.2) is 4.98 Å². The average molecular weight is 383 g/mol. The summed E-state index contributed by atoms with van der Waals surface area (Å²) < 4.78 is 10.5. The summed E-state index contributed by atoms with van der Waals surface area (Å²) >= 11 is 0. The summed E-state index contributed by atoms with van der Waals surface area (Å²) in [6.07, 6.45) is 1.39. The van der Waals surface area contributed by atoms with E-state index in [1.165, 1.54) is 14.2 Å². The van der Waals surface area contributed by atoms with Crippen molar-refractivity contribution in [1.82, 2.24) is 14.9 Å². The van der Waals surface area contributed by atoms with Crippen LogP contribution in [0.15, 0.2) is 16.9 Å². The van der Waals surface area contributed by atoms with E-state index in [1.54, 1.807) is 17.0 Å². The van der Waals surface area contributed by atoms with Gasteiger partial charge in [0.2, 0.25) is 5.91 Å². The topological polar surface area (TPSA) is 111 Å². The highest BCUT2D eigenvalue weighted by molar-refractivity contribution is 5.89. The third-order valence-corrected chi connectivity index (χ3v) is 4.48. The van der Waals surface area contributed by atoms with Crippen LogP contribution in [0.25, 0.3) is 10.9 Å². The van der Waals surface area contributed by atoms with E-state index in [0.29, 0.717) is 47.6 Å². The van der Waals surface area contributed by atoms with Crippen LogP contribution in [0.5, 0.6) is 11.5 Å². The fourth-order valence-electron chi connectivity index (χ4n) is 2.76. The van der Waals surface area contributed by atoms with Crippen LogP contribution in [-0.2, 0) is 11.3 Å². The third kappa shape index (κ3) is 3.61. The van der Waals surface area contributed by atoms with Crippen molar-refractivity contribution in [3.8, 4) is 11.5 Å². The van der Waals surface area contributed by atoms with Gasteiger partial charge in [-0.05, 0) is 25.8 Å². The van der Waals surface area contributed by atoms with Crippen LogP contribution in [0.2, 0.25) is 0 Å². The van der Waals surface area contributed by atoms with Crippen molar-refractivity contribution in [3.05, 3.63) is 28.3 Å². The monoisotopic (exact) mass is 382 g/mol. The Morgan fingerprint density at radius 3 is 2.46 bits per heavy atom. The molecule has 3 N–H and O–H groups in total. The van der Waals surface area contributed by atoms with Crippen LogP contribution < -0.4 is 20.8 Å². The van der Waals surface area contributed by atoms with Gasteiger partial charge in [0.1, 0.15) is 5.82 Å². The molecule has 0 unspecified atom stereocenters. The second kappa shape index (κ2) is 7.51. The Hall–Kier alpha value is -2.32. The third-order valence-electron chi connectivity index (χ3n) is 4.48. The van der Waals surface area contributed by atoms with E-state index >= 15 is 0 Å². The number of ether oxygens (including phenoxy) is 2. The lowest BCUT2D eigenvalue weighted by Crippen LogP contribution is -2.45. The Morgan fingerprint density at radius 1 is 1.31 bits per heavy atom. The molecule has 2 aromatic rings. The van der Waals surface area contributed by atoms with E-state index in [1.807, 2.05) is 6.92 Å². The Balaban J connectivity index is 0.00000243. The molecule has 3 rings (SSSR count). The molecule has 1 aromatic carbocycles. The number of halogens is 1. The van der Waals surface area contributed by atoms with Crippen LogP contribution >= 0.6 is 12.4 Å². The normalized spacial score (nSPS) is 14.5. The van der Waals surface area contributed by atoms with Gasteiger partial charge in [-0.15, -0.1) is 12.4 Å². The molecule has 8 nitrogen and oxygen atoms in total.